The molecule has 0 aliphatic heterocycles. The maximum atomic E-state index is 12.2. The molecule has 0 heterocycles. The minimum Gasteiger partial charge on any atom is -0.436 e. The van der Waals surface area contributed by atoms with E-state index in [1.807, 2.05) is 13.0 Å². The average Bonchev–Trinajstić information content (AvgIpc) is 2.74. The molecule has 2 bridgehead atoms. The van der Waals surface area contributed by atoms with Crippen LogP contribution in [0.2, 0.25) is 19.6 Å². The van der Waals surface area contributed by atoms with Crippen LogP contribution in [0.25, 0.3) is 0 Å². The molecule has 2 aliphatic rings. The van der Waals surface area contributed by atoms with Crippen molar-refractivity contribution in [1.82, 2.24) is 0 Å². The topological polar surface area (TPSA) is 35.5 Å². The van der Waals surface area contributed by atoms with Gasteiger partial charge in [0.1, 0.15) is 0 Å². The van der Waals surface area contributed by atoms with E-state index in [0.717, 1.165) is 19.3 Å². The Hall–Kier alpha value is -0.613. The molecule has 0 aromatic heterocycles. The molecule has 0 N–H and O–H groups in total. The molecular weight excluding hydrogens is 232 g/mol. The zero-order chi connectivity index (χ0) is 12.7. The monoisotopic (exact) mass is 254 g/mol. The first kappa shape index (κ1) is 12.8. The summed E-state index contributed by atoms with van der Waals surface area (Å²) in [4.78, 5) is 12.2. The third kappa shape index (κ3) is 2.80. The second kappa shape index (κ2) is 4.25. The minimum atomic E-state index is -1.65. The number of hydrogen-bond donors (Lipinski definition) is 0. The van der Waals surface area contributed by atoms with Crippen molar-refractivity contribution in [3.05, 3.63) is 12.2 Å². The van der Waals surface area contributed by atoms with Crippen molar-refractivity contribution < 1.29 is 14.0 Å². The zero-order valence-electron chi connectivity index (χ0n) is 11.2. The summed E-state index contributed by atoms with van der Waals surface area (Å²) in [5.74, 6) is 0.496. The van der Waals surface area contributed by atoms with E-state index in [-0.39, 0.29) is 11.4 Å². The number of carbonyl (C=O) groups excluding carboxylic acids is 1. The molecule has 3 atom stereocenters. The van der Waals surface area contributed by atoms with E-state index in [9.17, 15) is 4.79 Å². The minimum absolute atomic E-state index is 0.0977. The Labute approximate surface area is 104 Å². The second-order valence-electron chi connectivity index (χ2n) is 6.22. The SMILES string of the molecule is CC(OC(=O)C12C=CC(CC1)C2)O[Si](C)(C)C. The van der Waals surface area contributed by atoms with Crippen LogP contribution in [0.5, 0.6) is 0 Å². The molecule has 0 amide bonds. The number of allylic oxidation sites excluding steroid dienone is 1. The molecule has 4 heteroatoms. The van der Waals surface area contributed by atoms with Gasteiger partial charge < -0.3 is 9.16 Å². The normalized spacial score (nSPS) is 32.8. The Morgan fingerprint density at radius 3 is 2.59 bits per heavy atom. The van der Waals surface area contributed by atoms with Gasteiger partial charge in [-0.15, -0.1) is 0 Å². The zero-order valence-corrected chi connectivity index (χ0v) is 12.2. The summed E-state index contributed by atoms with van der Waals surface area (Å²) in [6.45, 7) is 8.10. The Balaban J connectivity index is 1.92. The van der Waals surface area contributed by atoms with Crippen LogP contribution in [-0.4, -0.2) is 20.6 Å². The molecule has 3 nitrogen and oxygen atoms in total. The van der Waals surface area contributed by atoms with Gasteiger partial charge in [0.15, 0.2) is 14.6 Å². The van der Waals surface area contributed by atoms with Crippen molar-refractivity contribution in [3.8, 4) is 0 Å². The third-order valence-electron chi connectivity index (χ3n) is 3.47. The fourth-order valence-corrected chi connectivity index (χ4v) is 3.84. The van der Waals surface area contributed by atoms with Crippen LogP contribution in [0.4, 0.5) is 0 Å². The lowest BCUT2D eigenvalue weighted by Crippen LogP contribution is -2.36. The van der Waals surface area contributed by atoms with E-state index in [4.69, 9.17) is 9.16 Å². The van der Waals surface area contributed by atoms with Gasteiger partial charge in [-0.3, -0.25) is 4.79 Å². The summed E-state index contributed by atoms with van der Waals surface area (Å²) in [5.41, 5.74) is -0.332. The first-order valence-electron chi connectivity index (χ1n) is 6.39. The van der Waals surface area contributed by atoms with Crippen LogP contribution in [0.15, 0.2) is 12.2 Å². The lowest BCUT2D eigenvalue weighted by atomic mass is 9.88. The summed E-state index contributed by atoms with van der Waals surface area (Å²) in [5, 5.41) is 0. The van der Waals surface area contributed by atoms with Crippen LogP contribution < -0.4 is 0 Å². The molecule has 1 fully saturated rings. The van der Waals surface area contributed by atoms with Crippen molar-refractivity contribution in [1.29, 1.82) is 0 Å². The van der Waals surface area contributed by atoms with E-state index >= 15 is 0 Å². The molecule has 0 saturated heterocycles. The highest BCUT2D eigenvalue weighted by atomic mass is 28.4. The maximum absolute atomic E-state index is 12.2. The van der Waals surface area contributed by atoms with Crippen molar-refractivity contribution in [2.75, 3.05) is 0 Å². The summed E-state index contributed by atoms with van der Waals surface area (Å²) in [7, 11) is -1.65. The fourth-order valence-electron chi connectivity index (χ4n) is 2.79. The number of fused-ring (bicyclic) bond motifs is 2. The van der Waals surface area contributed by atoms with Gasteiger partial charge in [-0.2, -0.15) is 0 Å². The van der Waals surface area contributed by atoms with Gasteiger partial charge >= 0.3 is 5.97 Å². The highest BCUT2D eigenvalue weighted by molar-refractivity contribution is 6.69. The number of ether oxygens (including phenoxy) is 1. The van der Waals surface area contributed by atoms with Crippen LogP contribution in [-0.2, 0) is 14.0 Å². The maximum Gasteiger partial charge on any atom is 0.318 e. The standard InChI is InChI=1S/C13H22O3Si/c1-10(16-17(2,3)4)15-12(14)13-7-5-11(9-13)6-8-13/h5,7,10-11H,6,8-9H2,1-4H3. The number of hydrogen-bond acceptors (Lipinski definition) is 3. The number of carbonyl (C=O) groups is 1. The van der Waals surface area contributed by atoms with Gasteiger partial charge in [0.2, 0.25) is 0 Å². The van der Waals surface area contributed by atoms with Crippen molar-refractivity contribution in [2.24, 2.45) is 11.3 Å². The Morgan fingerprint density at radius 2 is 2.18 bits per heavy atom. The van der Waals surface area contributed by atoms with Gasteiger partial charge in [0, 0.05) is 0 Å². The first-order valence-corrected chi connectivity index (χ1v) is 9.80. The average molecular weight is 254 g/mol. The Kier molecular flexibility index (Phi) is 3.21. The van der Waals surface area contributed by atoms with Gasteiger partial charge in [0.05, 0.1) is 5.41 Å². The predicted molar refractivity (Wildman–Crippen MR) is 68.9 cm³/mol. The number of esters is 1. The molecule has 0 aromatic rings. The summed E-state index contributed by atoms with van der Waals surface area (Å²) in [6, 6.07) is 0. The van der Waals surface area contributed by atoms with Gasteiger partial charge in [-0.05, 0) is 51.7 Å². The Bertz CT molecular complexity index is 345. The molecule has 0 radical (unpaired) electrons. The van der Waals surface area contributed by atoms with Gasteiger partial charge in [0.25, 0.3) is 0 Å². The van der Waals surface area contributed by atoms with E-state index < -0.39 is 14.6 Å². The molecular formula is C13H22O3Si. The smallest absolute Gasteiger partial charge is 0.318 e. The third-order valence-corrected chi connectivity index (χ3v) is 4.51. The quantitative estimate of drug-likeness (QED) is 0.335. The fraction of sp³-hybridized carbons (Fsp3) is 0.769. The van der Waals surface area contributed by atoms with Crippen LogP contribution in [0, 0.1) is 11.3 Å². The van der Waals surface area contributed by atoms with E-state index in [1.54, 1.807) is 0 Å². The lowest BCUT2D eigenvalue weighted by Gasteiger charge is -2.27. The van der Waals surface area contributed by atoms with Gasteiger partial charge in [-0.1, -0.05) is 12.2 Å². The van der Waals surface area contributed by atoms with Crippen molar-refractivity contribution in [3.63, 3.8) is 0 Å². The van der Waals surface area contributed by atoms with E-state index in [0.29, 0.717) is 5.92 Å². The molecule has 96 valence electrons. The van der Waals surface area contributed by atoms with Crippen LogP contribution >= 0.6 is 0 Å². The predicted octanol–water partition coefficient (Wildman–Crippen LogP) is 3.08. The lowest BCUT2D eigenvalue weighted by molar-refractivity contribution is -0.171. The first-order chi connectivity index (χ1) is 7.81. The number of rotatable bonds is 4. The highest BCUT2D eigenvalue weighted by Crippen LogP contribution is 2.49. The van der Waals surface area contributed by atoms with Gasteiger partial charge in [-0.25, -0.2) is 0 Å². The summed E-state index contributed by atoms with van der Waals surface area (Å²) >= 11 is 0. The largest absolute Gasteiger partial charge is 0.436 e. The molecule has 2 rings (SSSR count). The molecule has 17 heavy (non-hydrogen) atoms. The van der Waals surface area contributed by atoms with Crippen molar-refractivity contribution >= 4 is 14.3 Å². The van der Waals surface area contributed by atoms with Crippen LogP contribution in [0.1, 0.15) is 26.2 Å². The molecule has 0 aromatic carbocycles. The molecule has 2 aliphatic carbocycles. The Morgan fingerprint density at radius 1 is 1.47 bits per heavy atom. The van der Waals surface area contributed by atoms with E-state index in [1.165, 1.54) is 0 Å². The molecule has 0 spiro atoms. The summed E-state index contributed by atoms with van der Waals surface area (Å²) < 4.78 is 11.2. The highest BCUT2D eigenvalue weighted by Gasteiger charge is 2.48. The van der Waals surface area contributed by atoms with Crippen LogP contribution in [0.3, 0.4) is 0 Å². The molecule has 1 saturated carbocycles. The second-order valence-corrected chi connectivity index (χ2v) is 10.7. The molecule has 3 unspecified atom stereocenters. The van der Waals surface area contributed by atoms with E-state index in [2.05, 4.69) is 25.7 Å². The van der Waals surface area contributed by atoms with Crippen molar-refractivity contribution in [2.45, 2.75) is 52.1 Å². The summed E-state index contributed by atoms with van der Waals surface area (Å²) in [6.07, 6.45) is 6.78.